The number of nitrogens with one attached hydrogen (secondary N) is 1. The summed E-state index contributed by atoms with van der Waals surface area (Å²) >= 11 is 0. The van der Waals surface area contributed by atoms with Crippen molar-refractivity contribution in [2.24, 2.45) is 0 Å². The van der Waals surface area contributed by atoms with Gasteiger partial charge < -0.3 is 29.5 Å². The van der Waals surface area contributed by atoms with Crippen molar-refractivity contribution in [3.05, 3.63) is 72.3 Å². The zero-order valence-corrected chi connectivity index (χ0v) is 20.8. The van der Waals surface area contributed by atoms with Crippen LogP contribution in [0.3, 0.4) is 0 Å². The van der Waals surface area contributed by atoms with Gasteiger partial charge in [-0.15, -0.1) is 0 Å². The maximum absolute atomic E-state index is 12.8. The van der Waals surface area contributed by atoms with Crippen molar-refractivity contribution in [3.63, 3.8) is 0 Å². The van der Waals surface area contributed by atoms with Crippen LogP contribution in [-0.2, 0) is 35.1 Å². The molecule has 10 heteroatoms. The Morgan fingerprint density at radius 2 is 1.46 bits per heavy atom. The Balaban J connectivity index is 1.48. The number of aliphatic hydroxyl groups excluding tert-OH is 1. The molecular weight excluding hydrogens is 506 g/mol. The number of benzene rings is 4. The summed E-state index contributed by atoms with van der Waals surface area (Å²) in [4.78, 5) is 37.7. The quantitative estimate of drug-likeness (QED) is 0.229. The number of carbonyl (C=O) groups excluding carboxylic acids is 3. The van der Waals surface area contributed by atoms with E-state index >= 15 is 0 Å². The Labute approximate surface area is 221 Å². The van der Waals surface area contributed by atoms with E-state index in [1.807, 2.05) is 60.7 Å². The molecule has 4 unspecified atom stereocenters. The highest BCUT2D eigenvalue weighted by Crippen LogP contribution is 2.39. The molecule has 0 radical (unpaired) electrons. The summed E-state index contributed by atoms with van der Waals surface area (Å²) in [5, 5.41) is 41.7. The molecule has 4 atom stereocenters. The standard InChI is InChI=1S/C29H25NO9/c1-27(25(33)37-23(31)13-28(35)14-24(32)38-29(27,36)39-26(28)34)30-15-17-12-22-18-7-3-2-6-16(18)10-11-21(22)20-9-5-4-8-19(17)20/h2-12,25,30,33,35-36H,13-15H2,1H3. The van der Waals surface area contributed by atoms with Gasteiger partial charge in [0.05, 0.1) is 12.8 Å². The average molecular weight is 532 g/mol. The summed E-state index contributed by atoms with van der Waals surface area (Å²) in [6.45, 7) is 1.13. The number of esters is 3. The van der Waals surface area contributed by atoms with Crippen molar-refractivity contribution in [1.82, 2.24) is 5.32 Å². The number of hydrogen-bond acceptors (Lipinski definition) is 10. The number of cyclic esters (lactones) is 1. The summed E-state index contributed by atoms with van der Waals surface area (Å²) in [6, 6.07) is 21.7. The minimum atomic E-state index is -3.13. The monoisotopic (exact) mass is 531 g/mol. The van der Waals surface area contributed by atoms with Gasteiger partial charge in [-0.2, -0.15) is 0 Å². The van der Waals surface area contributed by atoms with Crippen molar-refractivity contribution in [2.45, 2.75) is 49.7 Å². The maximum Gasteiger partial charge on any atom is 0.399 e. The number of aliphatic hydroxyl groups is 3. The van der Waals surface area contributed by atoms with Gasteiger partial charge in [-0.05, 0) is 50.9 Å². The predicted octanol–water partition coefficient (Wildman–Crippen LogP) is 2.13. The molecule has 4 aromatic carbocycles. The average Bonchev–Trinajstić information content (AvgIpc) is 2.97. The molecule has 2 saturated heterocycles. The van der Waals surface area contributed by atoms with E-state index in [4.69, 9.17) is 14.2 Å². The van der Waals surface area contributed by atoms with Crippen LogP contribution < -0.4 is 5.32 Å². The molecule has 4 aromatic rings. The Hall–Kier alpha value is -4.09. The summed E-state index contributed by atoms with van der Waals surface area (Å²) in [5.41, 5.74) is -4.15. The van der Waals surface area contributed by atoms with Crippen LogP contribution in [-0.4, -0.2) is 56.6 Å². The molecule has 2 heterocycles. The first-order valence-corrected chi connectivity index (χ1v) is 12.4. The number of fused-ring (bicyclic) bond motifs is 8. The van der Waals surface area contributed by atoms with Gasteiger partial charge in [0, 0.05) is 6.54 Å². The first-order valence-electron chi connectivity index (χ1n) is 12.4. The van der Waals surface area contributed by atoms with E-state index in [0.717, 1.165) is 37.9 Å². The molecule has 0 spiro atoms. The molecule has 0 saturated carbocycles. The highest BCUT2D eigenvalue weighted by atomic mass is 16.9. The molecular formula is C29H25NO9. The lowest BCUT2D eigenvalue weighted by atomic mass is 9.92. The fourth-order valence-electron chi connectivity index (χ4n) is 5.33. The molecule has 0 amide bonds. The Morgan fingerprint density at radius 1 is 0.821 bits per heavy atom. The van der Waals surface area contributed by atoms with Gasteiger partial charge in [-0.3, -0.25) is 14.9 Å². The third-order valence-corrected chi connectivity index (χ3v) is 7.63. The molecule has 2 bridgehead atoms. The number of ether oxygens (including phenoxy) is 3. The van der Waals surface area contributed by atoms with E-state index in [9.17, 15) is 29.7 Å². The molecule has 0 aliphatic carbocycles. The second kappa shape index (κ2) is 8.72. The van der Waals surface area contributed by atoms with Crippen molar-refractivity contribution in [3.8, 4) is 0 Å². The smallest absolute Gasteiger partial charge is 0.399 e. The molecule has 39 heavy (non-hydrogen) atoms. The molecule has 2 fully saturated rings. The lowest BCUT2D eigenvalue weighted by molar-refractivity contribution is -0.378. The summed E-state index contributed by atoms with van der Waals surface area (Å²) in [7, 11) is 0. The van der Waals surface area contributed by atoms with E-state index in [-0.39, 0.29) is 6.54 Å². The molecule has 200 valence electrons. The maximum atomic E-state index is 12.8. The summed E-state index contributed by atoms with van der Waals surface area (Å²) in [6.07, 6.45) is -4.08. The van der Waals surface area contributed by atoms with Crippen LogP contribution in [0, 0.1) is 0 Å². The van der Waals surface area contributed by atoms with E-state index in [0.29, 0.717) is 0 Å². The minimum absolute atomic E-state index is 0.0491. The predicted molar refractivity (Wildman–Crippen MR) is 138 cm³/mol. The van der Waals surface area contributed by atoms with Gasteiger partial charge in [0.1, 0.15) is 0 Å². The van der Waals surface area contributed by atoms with Crippen LogP contribution in [0.1, 0.15) is 25.3 Å². The number of carbonyl (C=O) groups is 3. The van der Waals surface area contributed by atoms with Gasteiger partial charge in [0.15, 0.2) is 11.1 Å². The van der Waals surface area contributed by atoms with Crippen LogP contribution in [0.4, 0.5) is 0 Å². The van der Waals surface area contributed by atoms with Crippen LogP contribution in [0.2, 0.25) is 0 Å². The highest BCUT2D eigenvalue weighted by Gasteiger charge is 2.65. The fourth-order valence-corrected chi connectivity index (χ4v) is 5.33. The van der Waals surface area contributed by atoms with Crippen LogP contribution in [0.5, 0.6) is 0 Å². The van der Waals surface area contributed by atoms with E-state index in [2.05, 4.69) is 11.4 Å². The SMILES string of the molecule is CC1(NCc2cc3c4ccccc4ccc3c3ccccc23)C(O)OC(=O)CC2(O)CC(=O)OC1(O)OC2=O. The fraction of sp³-hybridized carbons (Fsp3) is 0.276. The largest absolute Gasteiger partial charge is 0.433 e. The van der Waals surface area contributed by atoms with Gasteiger partial charge in [0.25, 0.3) is 0 Å². The first-order chi connectivity index (χ1) is 18.5. The Morgan fingerprint density at radius 3 is 2.23 bits per heavy atom. The number of hydrogen-bond donors (Lipinski definition) is 4. The third-order valence-electron chi connectivity index (χ3n) is 7.63. The van der Waals surface area contributed by atoms with Crippen LogP contribution in [0.25, 0.3) is 32.3 Å². The number of rotatable bonds is 3. The van der Waals surface area contributed by atoms with Gasteiger partial charge >= 0.3 is 23.9 Å². The second-order valence-corrected chi connectivity index (χ2v) is 10.2. The highest BCUT2D eigenvalue weighted by molar-refractivity contribution is 6.18. The van der Waals surface area contributed by atoms with Crippen molar-refractivity contribution in [1.29, 1.82) is 0 Å². The lowest BCUT2D eigenvalue weighted by Gasteiger charge is -2.43. The Kier molecular flexibility index (Phi) is 5.63. The summed E-state index contributed by atoms with van der Waals surface area (Å²) in [5.74, 6) is -6.97. The molecule has 2 aliphatic rings. The van der Waals surface area contributed by atoms with Gasteiger partial charge in [-0.1, -0.05) is 60.7 Å². The topological polar surface area (TPSA) is 152 Å². The Bertz CT molecular complexity index is 1690. The van der Waals surface area contributed by atoms with Crippen LogP contribution >= 0.6 is 0 Å². The molecule has 2 aliphatic heterocycles. The van der Waals surface area contributed by atoms with Crippen molar-refractivity contribution >= 4 is 50.2 Å². The molecule has 4 N–H and O–H groups in total. The lowest BCUT2D eigenvalue weighted by Crippen LogP contribution is -2.70. The molecule has 10 nitrogen and oxygen atoms in total. The first kappa shape index (κ1) is 25.2. The van der Waals surface area contributed by atoms with E-state index in [1.54, 1.807) is 0 Å². The zero-order valence-electron chi connectivity index (χ0n) is 20.8. The molecule has 0 aromatic heterocycles. The van der Waals surface area contributed by atoms with Gasteiger partial charge in [-0.25, -0.2) is 4.79 Å². The minimum Gasteiger partial charge on any atom is -0.433 e. The third kappa shape index (κ3) is 3.92. The summed E-state index contributed by atoms with van der Waals surface area (Å²) < 4.78 is 15.2. The van der Waals surface area contributed by atoms with Gasteiger partial charge in [0.2, 0.25) is 6.29 Å². The van der Waals surface area contributed by atoms with Crippen molar-refractivity contribution < 1.29 is 43.9 Å². The zero-order chi connectivity index (χ0) is 27.6. The normalized spacial score (nSPS) is 29.3. The van der Waals surface area contributed by atoms with Crippen molar-refractivity contribution in [2.75, 3.05) is 0 Å². The second-order valence-electron chi connectivity index (χ2n) is 10.2. The van der Waals surface area contributed by atoms with E-state index < -0.39 is 54.2 Å². The molecule has 6 rings (SSSR count). The van der Waals surface area contributed by atoms with E-state index in [1.165, 1.54) is 6.92 Å². The van der Waals surface area contributed by atoms with Crippen LogP contribution in [0.15, 0.2) is 66.7 Å².